The Balaban J connectivity index is 2.73. The van der Waals surface area contributed by atoms with Gasteiger partial charge in [-0.2, -0.15) is 26.3 Å². The van der Waals surface area contributed by atoms with Gasteiger partial charge in [0.1, 0.15) is 5.82 Å². The highest BCUT2D eigenvalue weighted by Gasteiger charge is 2.58. The molecule has 0 fully saturated rings. The minimum atomic E-state index is -5.60. The summed E-state index contributed by atoms with van der Waals surface area (Å²) in [5.74, 6) is -0.707. The smallest absolute Gasteiger partial charge is 0.359 e. The van der Waals surface area contributed by atoms with Crippen LogP contribution in [0.1, 0.15) is 11.6 Å². The van der Waals surface area contributed by atoms with Gasteiger partial charge in [0.15, 0.2) is 0 Å². The van der Waals surface area contributed by atoms with E-state index in [4.69, 9.17) is 5.73 Å². The summed E-state index contributed by atoms with van der Waals surface area (Å²) in [7, 11) is 0. The number of ether oxygens (including phenoxy) is 1. The Labute approximate surface area is 109 Å². The fourth-order valence-corrected chi connectivity index (χ4v) is 1.41. The lowest BCUT2D eigenvalue weighted by atomic mass is 10.1. The molecule has 2 N–H and O–H groups in total. The maximum absolute atomic E-state index is 12.8. The first-order chi connectivity index (χ1) is 9.01. The van der Waals surface area contributed by atoms with Crippen LogP contribution in [0.2, 0.25) is 0 Å². The van der Waals surface area contributed by atoms with Crippen LogP contribution in [-0.4, -0.2) is 25.1 Å². The van der Waals surface area contributed by atoms with Gasteiger partial charge in [0.25, 0.3) is 0 Å². The van der Waals surface area contributed by atoms with Crippen molar-refractivity contribution in [2.75, 3.05) is 6.61 Å². The van der Waals surface area contributed by atoms with Gasteiger partial charge >= 0.3 is 12.4 Å². The molecule has 0 heterocycles. The van der Waals surface area contributed by atoms with Crippen molar-refractivity contribution in [1.82, 2.24) is 0 Å². The second-order valence-corrected chi connectivity index (χ2v) is 3.96. The second-order valence-electron chi connectivity index (χ2n) is 3.96. The Hall–Kier alpha value is -1.35. The van der Waals surface area contributed by atoms with Gasteiger partial charge in [-0.15, -0.1) is 0 Å². The molecular formula is C11H10F7NO. The monoisotopic (exact) mass is 305 g/mol. The lowest BCUT2D eigenvalue weighted by molar-refractivity contribution is -0.322. The molecule has 0 aliphatic heterocycles. The molecule has 1 unspecified atom stereocenters. The molecule has 9 heteroatoms. The molecule has 1 aromatic carbocycles. The standard InChI is InChI=1S/C11H10F7NO/c12-7-3-1-2-6(4-7)8(19)5-20-9(10(13,14)15)11(16,17)18/h1-4,8-9H,5,19H2. The third-order valence-corrected chi connectivity index (χ3v) is 2.31. The zero-order valence-electron chi connectivity index (χ0n) is 9.80. The predicted molar refractivity (Wildman–Crippen MR) is 55.2 cm³/mol. The van der Waals surface area contributed by atoms with Gasteiger partial charge < -0.3 is 10.5 Å². The van der Waals surface area contributed by atoms with Crippen molar-refractivity contribution in [1.29, 1.82) is 0 Å². The van der Waals surface area contributed by atoms with Crippen molar-refractivity contribution in [2.45, 2.75) is 24.5 Å². The zero-order chi connectivity index (χ0) is 15.6. The maximum atomic E-state index is 12.8. The lowest BCUT2D eigenvalue weighted by Crippen LogP contribution is -2.45. The third-order valence-electron chi connectivity index (χ3n) is 2.31. The SMILES string of the molecule is NC(COC(C(F)(F)F)C(F)(F)F)c1cccc(F)c1. The maximum Gasteiger partial charge on any atom is 0.423 e. The Kier molecular flexibility index (Phi) is 4.98. The van der Waals surface area contributed by atoms with Gasteiger partial charge in [-0.1, -0.05) is 12.1 Å². The third kappa shape index (κ3) is 4.64. The number of hydrogen-bond acceptors (Lipinski definition) is 2. The molecule has 1 rings (SSSR count). The van der Waals surface area contributed by atoms with E-state index in [0.717, 1.165) is 12.1 Å². The Morgan fingerprint density at radius 2 is 1.60 bits per heavy atom. The van der Waals surface area contributed by atoms with E-state index >= 15 is 0 Å². The summed E-state index contributed by atoms with van der Waals surface area (Å²) in [6, 6.07) is 3.16. The Morgan fingerprint density at radius 3 is 2.05 bits per heavy atom. The summed E-state index contributed by atoms with van der Waals surface area (Å²) in [5, 5.41) is 0. The van der Waals surface area contributed by atoms with E-state index in [-0.39, 0.29) is 5.56 Å². The fourth-order valence-electron chi connectivity index (χ4n) is 1.41. The second kappa shape index (κ2) is 5.96. The average Bonchev–Trinajstić information content (AvgIpc) is 2.25. The first-order valence-corrected chi connectivity index (χ1v) is 5.28. The van der Waals surface area contributed by atoms with Crippen LogP contribution in [0.4, 0.5) is 30.7 Å². The molecule has 0 aliphatic rings. The molecule has 1 aromatic rings. The topological polar surface area (TPSA) is 35.2 Å². The van der Waals surface area contributed by atoms with Crippen molar-refractivity contribution >= 4 is 0 Å². The van der Waals surface area contributed by atoms with Gasteiger partial charge in [0.2, 0.25) is 6.10 Å². The first kappa shape index (κ1) is 16.7. The zero-order valence-corrected chi connectivity index (χ0v) is 9.80. The number of nitrogens with two attached hydrogens (primary N) is 1. The minimum Gasteiger partial charge on any atom is -0.359 e. The van der Waals surface area contributed by atoms with Crippen molar-refractivity contribution < 1.29 is 35.5 Å². The van der Waals surface area contributed by atoms with Crippen LogP contribution in [-0.2, 0) is 4.74 Å². The highest BCUT2D eigenvalue weighted by Crippen LogP contribution is 2.36. The molecule has 0 bridgehead atoms. The van der Waals surface area contributed by atoms with Gasteiger partial charge in [-0.25, -0.2) is 4.39 Å². The molecule has 0 saturated carbocycles. The van der Waals surface area contributed by atoms with E-state index in [9.17, 15) is 30.7 Å². The van der Waals surface area contributed by atoms with E-state index in [2.05, 4.69) is 4.74 Å². The first-order valence-electron chi connectivity index (χ1n) is 5.28. The normalized spacial score (nSPS) is 14.7. The van der Waals surface area contributed by atoms with E-state index in [1.807, 2.05) is 0 Å². The summed E-state index contributed by atoms with van der Waals surface area (Å²) in [6.07, 6.45) is -15.1. The Morgan fingerprint density at radius 1 is 1.05 bits per heavy atom. The van der Waals surface area contributed by atoms with Crippen molar-refractivity contribution in [3.63, 3.8) is 0 Å². The van der Waals surface area contributed by atoms with Crippen LogP contribution in [0.5, 0.6) is 0 Å². The summed E-state index contributed by atoms with van der Waals surface area (Å²) in [5.41, 5.74) is 5.41. The molecule has 0 aromatic heterocycles. The average molecular weight is 305 g/mol. The molecule has 20 heavy (non-hydrogen) atoms. The lowest BCUT2D eigenvalue weighted by Gasteiger charge is -2.24. The minimum absolute atomic E-state index is 0.0353. The molecular weight excluding hydrogens is 295 g/mol. The fraction of sp³-hybridized carbons (Fsp3) is 0.455. The molecule has 2 nitrogen and oxygen atoms in total. The molecule has 0 spiro atoms. The van der Waals surface area contributed by atoms with Gasteiger partial charge in [-0.05, 0) is 17.7 Å². The largest absolute Gasteiger partial charge is 0.423 e. The molecule has 0 amide bonds. The van der Waals surface area contributed by atoms with Crippen LogP contribution in [0, 0.1) is 5.82 Å². The quantitative estimate of drug-likeness (QED) is 0.866. The number of rotatable bonds is 4. The molecule has 1 atom stereocenters. The Bertz CT molecular complexity index is 429. The number of benzene rings is 1. The van der Waals surface area contributed by atoms with Crippen molar-refractivity contribution in [2.24, 2.45) is 5.73 Å². The number of alkyl halides is 6. The van der Waals surface area contributed by atoms with Crippen LogP contribution < -0.4 is 5.73 Å². The summed E-state index contributed by atoms with van der Waals surface area (Å²) in [4.78, 5) is 0. The van der Waals surface area contributed by atoms with Crippen LogP contribution in [0.3, 0.4) is 0 Å². The summed E-state index contributed by atoms with van der Waals surface area (Å²) < 4.78 is 89.8. The van der Waals surface area contributed by atoms with Gasteiger partial charge in [0.05, 0.1) is 12.6 Å². The van der Waals surface area contributed by atoms with Crippen LogP contribution in [0.15, 0.2) is 24.3 Å². The van der Waals surface area contributed by atoms with E-state index in [0.29, 0.717) is 0 Å². The number of hydrogen-bond donors (Lipinski definition) is 1. The van der Waals surface area contributed by atoms with Crippen molar-refractivity contribution in [3.05, 3.63) is 35.6 Å². The van der Waals surface area contributed by atoms with Crippen LogP contribution >= 0.6 is 0 Å². The van der Waals surface area contributed by atoms with Crippen LogP contribution in [0.25, 0.3) is 0 Å². The highest BCUT2D eigenvalue weighted by atomic mass is 19.4. The molecule has 0 aliphatic carbocycles. The molecule has 0 radical (unpaired) electrons. The highest BCUT2D eigenvalue weighted by molar-refractivity contribution is 5.19. The molecule has 0 saturated heterocycles. The predicted octanol–water partition coefficient (Wildman–Crippen LogP) is 3.34. The van der Waals surface area contributed by atoms with Gasteiger partial charge in [-0.3, -0.25) is 0 Å². The van der Waals surface area contributed by atoms with Gasteiger partial charge in [0, 0.05) is 0 Å². The van der Waals surface area contributed by atoms with Crippen molar-refractivity contribution in [3.8, 4) is 0 Å². The number of halogens is 7. The van der Waals surface area contributed by atoms with E-state index in [1.54, 1.807) is 0 Å². The van der Waals surface area contributed by atoms with E-state index in [1.165, 1.54) is 12.1 Å². The molecule has 114 valence electrons. The summed E-state index contributed by atoms with van der Waals surface area (Å²) in [6.45, 7) is -1.05. The van der Waals surface area contributed by atoms with E-state index < -0.39 is 36.9 Å². The summed E-state index contributed by atoms with van der Waals surface area (Å²) >= 11 is 0.